The highest BCUT2D eigenvalue weighted by Crippen LogP contribution is 2.18. The molecule has 1 aromatic rings. The largest absolute Gasteiger partial charge is 0.334 e. The average Bonchev–Trinajstić information content (AvgIpc) is 2.87. The van der Waals surface area contributed by atoms with Gasteiger partial charge in [-0.2, -0.15) is 0 Å². The van der Waals surface area contributed by atoms with Crippen LogP contribution in [0, 0.1) is 0 Å². The summed E-state index contributed by atoms with van der Waals surface area (Å²) >= 11 is 0. The summed E-state index contributed by atoms with van der Waals surface area (Å²) in [5.74, 6) is 0.950. The van der Waals surface area contributed by atoms with Crippen LogP contribution in [0.15, 0.2) is 0 Å². The number of nitrogens with one attached hydrogen (secondary N) is 2. The summed E-state index contributed by atoms with van der Waals surface area (Å²) in [5.41, 5.74) is -0.124. The second-order valence-electron chi connectivity index (χ2n) is 6.14. The third-order valence-electron chi connectivity index (χ3n) is 3.50. The van der Waals surface area contributed by atoms with Gasteiger partial charge in [-0.15, -0.1) is 5.10 Å². The Morgan fingerprint density at radius 2 is 2.21 bits per heavy atom. The van der Waals surface area contributed by atoms with Crippen LogP contribution in [0.5, 0.6) is 0 Å². The molecule has 1 atom stereocenters. The standard InChI is InChI=1S/C13H23N5O/c1-13(2,3)12-15-10(16-17-12)11(19)18-7-5-6-9(8-18)14-4/h9,14H,5-8H2,1-4H3,(H,15,16,17). The van der Waals surface area contributed by atoms with Crippen LogP contribution < -0.4 is 5.32 Å². The Bertz CT molecular complexity index is 448. The molecule has 0 aliphatic carbocycles. The van der Waals surface area contributed by atoms with Gasteiger partial charge in [-0.05, 0) is 19.9 Å². The lowest BCUT2D eigenvalue weighted by Crippen LogP contribution is -2.47. The summed E-state index contributed by atoms with van der Waals surface area (Å²) < 4.78 is 0. The van der Waals surface area contributed by atoms with Crippen molar-refractivity contribution in [1.29, 1.82) is 0 Å². The van der Waals surface area contributed by atoms with E-state index in [9.17, 15) is 4.79 Å². The van der Waals surface area contributed by atoms with Crippen molar-refractivity contribution in [1.82, 2.24) is 25.4 Å². The van der Waals surface area contributed by atoms with Crippen LogP contribution in [0.2, 0.25) is 0 Å². The van der Waals surface area contributed by atoms with Gasteiger partial charge >= 0.3 is 0 Å². The van der Waals surface area contributed by atoms with Crippen molar-refractivity contribution >= 4 is 5.91 Å². The molecule has 0 spiro atoms. The third-order valence-corrected chi connectivity index (χ3v) is 3.50. The summed E-state index contributed by atoms with van der Waals surface area (Å²) in [5, 5.41) is 10.2. The van der Waals surface area contributed by atoms with E-state index in [0.717, 1.165) is 31.8 Å². The van der Waals surface area contributed by atoms with E-state index < -0.39 is 0 Å². The topological polar surface area (TPSA) is 73.9 Å². The fourth-order valence-corrected chi connectivity index (χ4v) is 2.23. The number of hydrogen-bond donors (Lipinski definition) is 2. The molecule has 1 aromatic heterocycles. The zero-order valence-electron chi connectivity index (χ0n) is 12.2. The molecule has 1 unspecified atom stereocenters. The van der Waals surface area contributed by atoms with Crippen molar-refractivity contribution < 1.29 is 4.79 Å². The summed E-state index contributed by atoms with van der Waals surface area (Å²) in [7, 11) is 1.93. The van der Waals surface area contributed by atoms with E-state index in [2.05, 4.69) is 20.5 Å². The van der Waals surface area contributed by atoms with Crippen LogP contribution in [0.1, 0.15) is 50.1 Å². The monoisotopic (exact) mass is 265 g/mol. The number of nitrogens with zero attached hydrogens (tertiary/aromatic N) is 3. The van der Waals surface area contributed by atoms with Crippen LogP contribution in [0.3, 0.4) is 0 Å². The molecule has 6 heteroatoms. The number of hydrogen-bond acceptors (Lipinski definition) is 4. The van der Waals surface area contributed by atoms with Gasteiger partial charge < -0.3 is 10.2 Å². The molecular weight excluding hydrogens is 242 g/mol. The molecule has 0 aromatic carbocycles. The second-order valence-corrected chi connectivity index (χ2v) is 6.14. The van der Waals surface area contributed by atoms with Gasteiger partial charge in [-0.25, -0.2) is 4.98 Å². The number of H-pyrrole nitrogens is 1. The van der Waals surface area contributed by atoms with E-state index in [-0.39, 0.29) is 17.1 Å². The van der Waals surface area contributed by atoms with E-state index in [1.54, 1.807) is 0 Å². The molecule has 19 heavy (non-hydrogen) atoms. The first-order valence-electron chi connectivity index (χ1n) is 6.81. The lowest BCUT2D eigenvalue weighted by atomic mass is 9.96. The van der Waals surface area contributed by atoms with Gasteiger partial charge in [-0.1, -0.05) is 20.8 Å². The summed E-state index contributed by atoms with van der Waals surface area (Å²) in [6, 6.07) is 0.374. The van der Waals surface area contributed by atoms with Gasteiger partial charge in [0, 0.05) is 24.5 Å². The van der Waals surface area contributed by atoms with E-state index in [1.807, 2.05) is 32.7 Å². The van der Waals surface area contributed by atoms with Crippen LogP contribution in [0.25, 0.3) is 0 Å². The number of piperidine rings is 1. The number of likely N-dealkylation sites (N-methyl/N-ethyl adjacent to an activating group) is 1. The van der Waals surface area contributed by atoms with Gasteiger partial charge in [0.1, 0.15) is 5.82 Å². The first kappa shape index (κ1) is 14.0. The van der Waals surface area contributed by atoms with Crippen LogP contribution in [-0.4, -0.2) is 52.2 Å². The first-order valence-corrected chi connectivity index (χ1v) is 6.81. The maximum absolute atomic E-state index is 12.4. The van der Waals surface area contributed by atoms with E-state index in [0.29, 0.717) is 6.04 Å². The van der Waals surface area contributed by atoms with Gasteiger partial charge in [-0.3, -0.25) is 9.89 Å². The zero-order valence-corrected chi connectivity index (χ0v) is 12.2. The molecule has 1 saturated heterocycles. The van der Waals surface area contributed by atoms with Crippen molar-refractivity contribution in [2.75, 3.05) is 20.1 Å². The molecule has 0 radical (unpaired) electrons. The molecule has 0 saturated carbocycles. The Labute approximate surface area is 114 Å². The van der Waals surface area contributed by atoms with Gasteiger partial charge in [0.05, 0.1) is 0 Å². The van der Waals surface area contributed by atoms with Gasteiger partial charge in [0.2, 0.25) is 5.82 Å². The fraction of sp³-hybridized carbons (Fsp3) is 0.769. The molecule has 1 amide bonds. The summed E-state index contributed by atoms with van der Waals surface area (Å²) in [4.78, 5) is 18.5. The van der Waals surface area contributed by atoms with E-state index in [4.69, 9.17) is 0 Å². The Morgan fingerprint density at radius 3 is 2.79 bits per heavy atom. The minimum Gasteiger partial charge on any atom is -0.334 e. The molecule has 2 rings (SSSR count). The lowest BCUT2D eigenvalue weighted by molar-refractivity contribution is 0.0686. The number of rotatable bonds is 2. The normalized spacial score (nSPS) is 20.6. The minimum absolute atomic E-state index is 0.0771. The number of likely N-dealkylation sites (tertiary alicyclic amines) is 1. The predicted molar refractivity (Wildman–Crippen MR) is 73.1 cm³/mol. The highest BCUT2D eigenvalue weighted by Gasteiger charge is 2.27. The van der Waals surface area contributed by atoms with Gasteiger partial charge in [0.25, 0.3) is 5.91 Å². The molecule has 1 aliphatic rings. The molecule has 106 valence electrons. The minimum atomic E-state index is -0.124. The smallest absolute Gasteiger partial charge is 0.293 e. The van der Waals surface area contributed by atoms with Crippen LogP contribution in [-0.2, 0) is 5.41 Å². The molecule has 2 heterocycles. The summed E-state index contributed by atoms with van der Waals surface area (Å²) in [6.45, 7) is 7.64. The molecule has 1 aliphatic heterocycles. The first-order chi connectivity index (χ1) is 8.91. The van der Waals surface area contributed by atoms with Crippen molar-refractivity contribution in [2.45, 2.75) is 45.1 Å². The Kier molecular flexibility index (Phi) is 3.89. The zero-order chi connectivity index (χ0) is 14.0. The van der Waals surface area contributed by atoms with Crippen molar-refractivity contribution in [3.8, 4) is 0 Å². The number of aromatic nitrogens is 3. The highest BCUT2D eigenvalue weighted by molar-refractivity contribution is 5.90. The number of amides is 1. The molecular formula is C13H23N5O. The molecule has 1 fully saturated rings. The predicted octanol–water partition coefficient (Wildman–Crippen LogP) is 0.926. The SMILES string of the molecule is CNC1CCCN(C(=O)c2n[nH]c(C(C)(C)C)n2)C1. The Morgan fingerprint density at radius 1 is 1.47 bits per heavy atom. The highest BCUT2D eigenvalue weighted by atomic mass is 16.2. The maximum Gasteiger partial charge on any atom is 0.293 e. The Hall–Kier alpha value is -1.43. The van der Waals surface area contributed by atoms with Crippen LogP contribution in [0.4, 0.5) is 0 Å². The number of carbonyl (C=O) groups is 1. The van der Waals surface area contributed by atoms with Crippen molar-refractivity contribution in [3.63, 3.8) is 0 Å². The fourth-order valence-electron chi connectivity index (χ4n) is 2.23. The number of carbonyl (C=O) groups excluding carboxylic acids is 1. The maximum atomic E-state index is 12.4. The van der Waals surface area contributed by atoms with Crippen molar-refractivity contribution in [3.05, 3.63) is 11.6 Å². The van der Waals surface area contributed by atoms with E-state index >= 15 is 0 Å². The Balaban J connectivity index is 2.09. The second kappa shape index (κ2) is 5.28. The number of aromatic amines is 1. The average molecular weight is 265 g/mol. The molecule has 0 bridgehead atoms. The summed E-state index contributed by atoms with van der Waals surface area (Å²) in [6.07, 6.45) is 2.13. The quantitative estimate of drug-likeness (QED) is 0.834. The third kappa shape index (κ3) is 3.12. The molecule has 6 nitrogen and oxygen atoms in total. The van der Waals surface area contributed by atoms with E-state index in [1.165, 1.54) is 0 Å². The molecule has 2 N–H and O–H groups in total. The lowest BCUT2D eigenvalue weighted by Gasteiger charge is -2.31. The van der Waals surface area contributed by atoms with Crippen LogP contribution >= 0.6 is 0 Å². The van der Waals surface area contributed by atoms with Crippen molar-refractivity contribution in [2.24, 2.45) is 0 Å². The van der Waals surface area contributed by atoms with Gasteiger partial charge in [0.15, 0.2) is 0 Å².